The van der Waals surface area contributed by atoms with Gasteiger partial charge in [0.25, 0.3) is 0 Å². The Morgan fingerprint density at radius 2 is 1.73 bits per heavy atom. The first-order valence-electron chi connectivity index (χ1n) is 11.8. The predicted molar refractivity (Wildman–Crippen MR) is 142 cm³/mol. The van der Waals surface area contributed by atoms with Gasteiger partial charge in [-0.15, -0.1) is 0 Å². The standard InChI is InChI=1S/C24H32ClN3O7S2/c1-18(28(36(3,30)31)19-7-12-23(34-2)22(25)17-19)24(29)26-13-16-35-20-8-10-21(11-9-20)37(32,33)27-14-5-4-6-15-27/h7-12,17-18H,4-6,13-16H2,1-3H3,(H,26,29)/t18-/m0/s1. The van der Waals surface area contributed by atoms with E-state index in [9.17, 15) is 21.6 Å². The van der Waals surface area contributed by atoms with Gasteiger partial charge in [0, 0.05) is 13.1 Å². The number of rotatable bonds is 11. The van der Waals surface area contributed by atoms with E-state index >= 15 is 0 Å². The van der Waals surface area contributed by atoms with Gasteiger partial charge in [0.05, 0.1) is 35.5 Å². The van der Waals surface area contributed by atoms with Crippen LogP contribution in [0.4, 0.5) is 5.69 Å². The van der Waals surface area contributed by atoms with E-state index in [1.54, 1.807) is 12.1 Å². The topological polar surface area (TPSA) is 122 Å². The van der Waals surface area contributed by atoms with Gasteiger partial charge in [-0.25, -0.2) is 16.8 Å². The van der Waals surface area contributed by atoms with Gasteiger partial charge in [0.2, 0.25) is 26.0 Å². The van der Waals surface area contributed by atoms with Crippen LogP contribution in [0.15, 0.2) is 47.4 Å². The summed E-state index contributed by atoms with van der Waals surface area (Å²) < 4.78 is 63.6. The van der Waals surface area contributed by atoms with E-state index in [0.717, 1.165) is 29.8 Å². The van der Waals surface area contributed by atoms with Gasteiger partial charge in [-0.3, -0.25) is 9.10 Å². The van der Waals surface area contributed by atoms with Gasteiger partial charge in [-0.1, -0.05) is 18.0 Å². The lowest BCUT2D eigenvalue weighted by Crippen LogP contribution is -2.48. The summed E-state index contributed by atoms with van der Waals surface area (Å²) in [6, 6.07) is 9.54. The van der Waals surface area contributed by atoms with E-state index in [1.807, 2.05) is 0 Å². The van der Waals surface area contributed by atoms with Crippen LogP contribution in [0, 0.1) is 0 Å². The second kappa shape index (κ2) is 12.3. The maximum absolute atomic E-state index is 12.8. The van der Waals surface area contributed by atoms with Crippen LogP contribution in [-0.2, 0) is 24.8 Å². The zero-order valence-electron chi connectivity index (χ0n) is 21.0. The minimum atomic E-state index is -3.81. The third-order valence-corrected chi connectivity index (χ3v) is 9.37. The third kappa shape index (κ3) is 7.28. The molecule has 1 fully saturated rings. The lowest BCUT2D eigenvalue weighted by atomic mass is 10.2. The van der Waals surface area contributed by atoms with Gasteiger partial charge >= 0.3 is 0 Å². The molecule has 0 spiro atoms. The van der Waals surface area contributed by atoms with Crippen LogP contribution in [0.1, 0.15) is 26.2 Å². The van der Waals surface area contributed by atoms with Crippen molar-refractivity contribution in [2.45, 2.75) is 37.1 Å². The fraction of sp³-hybridized carbons (Fsp3) is 0.458. The van der Waals surface area contributed by atoms with Gasteiger partial charge in [-0.2, -0.15) is 4.31 Å². The lowest BCUT2D eigenvalue weighted by molar-refractivity contribution is -0.121. The van der Waals surface area contributed by atoms with E-state index < -0.39 is 32.0 Å². The number of anilines is 1. The first-order chi connectivity index (χ1) is 17.4. The average molecular weight is 574 g/mol. The fourth-order valence-corrected chi connectivity index (χ4v) is 6.99. The number of sulfonamides is 2. The van der Waals surface area contributed by atoms with Crippen molar-refractivity contribution in [2.24, 2.45) is 0 Å². The second-order valence-electron chi connectivity index (χ2n) is 8.63. The molecule has 3 rings (SSSR count). The molecule has 0 radical (unpaired) electrons. The highest BCUT2D eigenvalue weighted by molar-refractivity contribution is 7.92. The highest BCUT2D eigenvalue weighted by Crippen LogP contribution is 2.31. The zero-order chi connectivity index (χ0) is 27.2. The summed E-state index contributed by atoms with van der Waals surface area (Å²) >= 11 is 6.14. The van der Waals surface area contributed by atoms with E-state index in [-0.39, 0.29) is 28.8 Å². The number of hydrogen-bond donors (Lipinski definition) is 1. The molecule has 0 aliphatic carbocycles. The molecule has 2 aromatic carbocycles. The van der Waals surface area contributed by atoms with Crippen LogP contribution in [0.5, 0.6) is 11.5 Å². The summed E-state index contributed by atoms with van der Waals surface area (Å²) in [6.45, 7) is 2.74. The molecule has 2 aromatic rings. The Labute approximate surface area is 223 Å². The Bertz CT molecular complexity index is 1300. The molecular formula is C24H32ClN3O7S2. The van der Waals surface area contributed by atoms with E-state index in [0.29, 0.717) is 24.6 Å². The first-order valence-corrected chi connectivity index (χ1v) is 15.5. The molecule has 0 aromatic heterocycles. The number of nitrogens with zero attached hydrogens (tertiary/aromatic N) is 2. The largest absolute Gasteiger partial charge is 0.495 e. The van der Waals surface area contributed by atoms with Crippen LogP contribution in [0.2, 0.25) is 5.02 Å². The Morgan fingerprint density at radius 1 is 1.08 bits per heavy atom. The van der Waals surface area contributed by atoms with Gasteiger partial charge in [0.15, 0.2) is 0 Å². The summed E-state index contributed by atoms with van der Waals surface area (Å²) in [7, 11) is -5.89. The number of piperidine rings is 1. The Morgan fingerprint density at radius 3 is 2.30 bits per heavy atom. The molecule has 13 heteroatoms. The Hall–Kier alpha value is -2.54. The van der Waals surface area contributed by atoms with Crippen molar-refractivity contribution in [3.8, 4) is 11.5 Å². The summed E-state index contributed by atoms with van der Waals surface area (Å²) in [5.41, 5.74) is 0.229. The number of amides is 1. The van der Waals surface area contributed by atoms with Crippen molar-refractivity contribution in [2.75, 3.05) is 43.9 Å². The lowest BCUT2D eigenvalue weighted by Gasteiger charge is -2.28. The summed E-state index contributed by atoms with van der Waals surface area (Å²) in [5.74, 6) is 0.305. The highest BCUT2D eigenvalue weighted by Gasteiger charge is 2.29. The molecule has 1 aliphatic heterocycles. The molecule has 37 heavy (non-hydrogen) atoms. The molecule has 0 unspecified atom stereocenters. The number of benzene rings is 2. The van der Waals surface area contributed by atoms with Crippen LogP contribution >= 0.6 is 11.6 Å². The quantitative estimate of drug-likeness (QED) is 0.410. The van der Waals surface area contributed by atoms with Crippen molar-refractivity contribution >= 4 is 43.2 Å². The number of ether oxygens (including phenoxy) is 2. The van der Waals surface area contributed by atoms with Crippen molar-refractivity contribution in [3.05, 3.63) is 47.5 Å². The average Bonchev–Trinajstić information content (AvgIpc) is 2.86. The van der Waals surface area contributed by atoms with Gasteiger partial charge in [0.1, 0.15) is 24.1 Å². The predicted octanol–water partition coefficient (Wildman–Crippen LogP) is 2.87. The summed E-state index contributed by atoms with van der Waals surface area (Å²) in [6.07, 6.45) is 3.77. The molecule has 1 amide bonds. The summed E-state index contributed by atoms with van der Waals surface area (Å²) in [5, 5.41) is 2.87. The second-order valence-corrected chi connectivity index (χ2v) is 12.8. The van der Waals surface area contributed by atoms with Crippen molar-refractivity contribution in [1.29, 1.82) is 0 Å². The Kier molecular flexibility index (Phi) is 9.68. The maximum Gasteiger partial charge on any atom is 0.243 e. The van der Waals surface area contributed by atoms with Gasteiger partial charge in [-0.05, 0) is 62.2 Å². The van der Waals surface area contributed by atoms with Crippen molar-refractivity contribution in [1.82, 2.24) is 9.62 Å². The summed E-state index contributed by atoms with van der Waals surface area (Å²) in [4.78, 5) is 12.9. The van der Waals surface area contributed by atoms with Crippen LogP contribution in [0.3, 0.4) is 0 Å². The van der Waals surface area contributed by atoms with Gasteiger partial charge < -0.3 is 14.8 Å². The molecule has 1 aliphatic rings. The number of hydrogen-bond acceptors (Lipinski definition) is 7. The number of halogens is 1. The van der Waals surface area contributed by atoms with E-state index in [4.69, 9.17) is 21.1 Å². The van der Waals surface area contributed by atoms with Crippen LogP contribution in [-0.4, -0.2) is 72.7 Å². The highest BCUT2D eigenvalue weighted by atomic mass is 35.5. The molecule has 0 saturated carbocycles. The number of methoxy groups -OCH3 is 1. The SMILES string of the molecule is COc1ccc(N([C@@H](C)C(=O)NCCOc2ccc(S(=O)(=O)N3CCCCC3)cc2)S(C)(=O)=O)cc1Cl. The molecule has 204 valence electrons. The number of carbonyl (C=O) groups excluding carboxylic acids is 1. The van der Waals surface area contributed by atoms with Crippen molar-refractivity contribution < 1.29 is 31.1 Å². The van der Waals surface area contributed by atoms with E-state index in [2.05, 4.69) is 5.32 Å². The minimum Gasteiger partial charge on any atom is -0.495 e. The third-order valence-electron chi connectivity index (χ3n) is 5.92. The molecule has 1 N–H and O–H groups in total. The maximum atomic E-state index is 12.8. The van der Waals surface area contributed by atoms with Crippen molar-refractivity contribution in [3.63, 3.8) is 0 Å². The number of carbonyl (C=O) groups is 1. The monoisotopic (exact) mass is 573 g/mol. The zero-order valence-corrected chi connectivity index (χ0v) is 23.4. The Balaban J connectivity index is 1.56. The number of nitrogens with one attached hydrogen (secondary N) is 1. The first kappa shape index (κ1) is 29.0. The molecule has 1 heterocycles. The van der Waals surface area contributed by atoms with Crippen LogP contribution < -0.4 is 19.1 Å². The van der Waals surface area contributed by atoms with Crippen LogP contribution in [0.25, 0.3) is 0 Å². The molecule has 1 saturated heterocycles. The molecule has 0 bridgehead atoms. The minimum absolute atomic E-state index is 0.101. The smallest absolute Gasteiger partial charge is 0.243 e. The molecule has 1 atom stereocenters. The van der Waals surface area contributed by atoms with E-state index in [1.165, 1.54) is 48.7 Å². The molecule has 10 nitrogen and oxygen atoms in total. The fourth-order valence-electron chi connectivity index (χ4n) is 4.05. The molecular weight excluding hydrogens is 542 g/mol. The normalized spacial score (nSPS) is 15.6.